The van der Waals surface area contributed by atoms with Crippen LogP contribution in [-0.4, -0.2) is 29.9 Å². The number of nitrogens with zero attached hydrogens (tertiary/aromatic N) is 1. The monoisotopic (exact) mass is 259 g/mol. The maximum atomic E-state index is 9.48. The Morgan fingerprint density at radius 1 is 1.26 bits per heavy atom. The van der Waals surface area contributed by atoms with E-state index < -0.39 is 0 Å². The topological polar surface area (TPSA) is 51.6 Å². The number of ether oxygens (including phenoxy) is 2. The smallest absolute Gasteiger partial charge is 0.162 e. The zero-order valence-electron chi connectivity index (χ0n) is 10.9. The number of aliphatic hydroxyl groups excluding tert-OH is 1. The zero-order chi connectivity index (χ0) is 13.2. The van der Waals surface area contributed by atoms with E-state index in [1.54, 1.807) is 6.20 Å². The van der Waals surface area contributed by atoms with Crippen LogP contribution in [0.4, 0.5) is 0 Å². The third-order valence-electron chi connectivity index (χ3n) is 3.56. The van der Waals surface area contributed by atoms with Crippen LogP contribution in [0.5, 0.6) is 11.5 Å². The van der Waals surface area contributed by atoms with E-state index in [0.717, 1.165) is 34.4 Å². The van der Waals surface area contributed by atoms with E-state index in [4.69, 9.17) is 9.47 Å². The van der Waals surface area contributed by atoms with Crippen LogP contribution in [0.3, 0.4) is 0 Å². The second-order valence-electron chi connectivity index (χ2n) is 4.70. The van der Waals surface area contributed by atoms with Crippen LogP contribution in [0.15, 0.2) is 24.4 Å². The summed E-state index contributed by atoms with van der Waals surface area (Å²) in [5.74, 6) is 1.61. The molecular formula is C15H17NO3. The predicted octanol–water partition coefficient (Wildman–Crippen LogP) is 2.49. The molecule has 100 valence electrons. The fourth-order valence-electron chi connectivity index (χ4n) is 2.47. The van der Waals surface area contributed by atoms with Crippen molar-refractivity contribution in [2.24, 2.45) is 0 Å². The van der Waals surface area contributed by atoms with Crippen molar-refractivity contribution < 1.29 is 14.6 Å². The van der Waals surface area contributed by atoms with E-state index in [0.29, 0.717) is 13.2 Å². The molecule has 1 atom stereocenters. The highest BCUT2D eigenvalue weighted by atomic mass is 16.6. The van der Waals surface area contributed by atoms with Gasteiger partial charge < -0.3 is 14.6 Å². The van der Waals surface area contributed by atoms with Crippen LogP contribution >= 0.6 is 0 Å². The van der Waals surface area contributed by atoms with Crippen molar-refractivity contribution in [1.29, 1.82) is 0 Å². The molecule has 1 aliphatic heterocycles. The molecule has 0 radical (unpaired) electrons. The first-order valence-electron chi connectivity index (χ1n) is 6.62. The summed E-state index contributed by atoms with van der Waals surface area (Å²) >= 11 is 0. The molecule has 0 saturated heterocycles. The molecule has 1 aliphatic rings. The summed E-state index contributed by atoms with van der Waals surface area (Å²) in [7, 11) is 0. The molecule has 0 fully saturated rings. The van der Waals surface area contributed by atoms with E-state index in [1.807, 2.05) is 18.2 Å². The minimum Gasteiger partial charge on any atom is -0.486 e. The van der Waals surface area contributed by atoms with Gasteiger partial charge in [-0.3, -0.25) is 4.98 Å². The van der Waals surface area contributed by atoms with Gasteiger partial charge in [0.25, 0.3) is 0 Å². The molecule has 1 aromatic heterocycles. The summed E-state index contributed by atoms with van der Waals surface area (Å²) in [5.41, 5.74) is 0.930. The molecule has 2 aromatic rings. The minimum absolute atomic E-state index is 0.0614. The maximum absolute atomic E-state index is 9.48. The summed E-state index contributed by atoms with van der Waals surface area (Å²) < 4.78 is 11.2. The average Bonchev–Trinajstić information content (AvgIpc) is 2.46. The van der Waals surface area contributed by atoms with Crippen molar-refractivity contribution >= 4 is 10.8 Å². The molecule has 0 aliphatic carbocycles. The lowest BCUT2D eigenvalue weighted by atomic mass is 9.97. The van der Waals surface area contributed by atoms with E-state index >= 15 is 0 Å². The summed E-state index contributed by atoms with van der Waals surface area (Å²) in [5, 5.41) is 11.6. The summed E-state index contributed by atoms with van der Waals surface area (Å²) in [6, 6.07) is 5.92. The quantitative estimate of drug-likeness (QED) is 0.920. The Kier molecular flexibility index (Phi) is 3.25. The Labute approximate surface area is 112 Å². The van der Waals surface area contributed by atoms with Gasteiger partial charge >= 0.3 is 0 Å². The summed E-state index contributed by atoms with van der Waals surface area (Å²) in [4.78, 5) is 4.44. The third-order valence-corrected chi connectivity index (χ3v) is 3.56. The van der Waals surface area contributed by atoms with Gasteiger partial charge in [-0.15, -0.1) is 0 Å². The predicted molar refractivity (Wildman–Crippen MR) is 72.9 cm³/mol. The molecule has 19 heavy (non-hydrogen) atoms. The molecule has 4 nitrogen and oxygen atoms in total. The molecule has 0 amide bonds. The molecule has 1 unspecified atom stereocenters. The van der Waals surface area contributed by atoms with Crippen molar-refractivity contribution in [3.8, 4) is 11.5 Å². The summed E-state index contributed by atoms with van der Waals surface area (Å²) in [6.45, 7) is 3.33. The molecule has 1 aromatic carbocycles. The zero-order valence-corrected chi connectivity index (χ0v) is 10.9. The first-order valence-corrected chi connectivity index (χ1v) is 6.62. The average molecular weight is 259 g/mol. The van der Waals surface area contributed by atoms with Gasteiger partial charge in [0.1, 0.15) is 13.2 Å². The number of rotatable bonds is 3. The highest BCUT2D eigenvalue weighted by molar-refractivity contribution is 5.88. The molecule has 3 rings (SSSR count). The second kappa shape index (κ2) is 5.05. The molecular weight excluding hydrogens is 242 g/mol. The standard InChI is InChI=1S/C15H17NO3/c1-2-10(9-17)15-12-8-14-13(18-5-6-19-14)7-11(12)3-4-16-15/h3-4,7-8,10,17H,2,5-6,9H2,1H3. The highest BCUT2D eigenvalue weighted by Gasteiger charge is 2.17. The van der Waals surface area contributed by atoms with Gasteiger partial charge in [-0.25, -0.2) is 0 Å². The Morgan fingerprint density at radius 2 is 2.00 bits per heavy atom. The van der Waals surface area contributed by atoms with E-state index in [1.165, 1.54) is 0 Å². The Morgan fingerprint density at radius 3 is 2.68 bits per heavy atom. The molecule has 0 bridgehead atoms. The van der Waals surface area contributed by atoms with Crippen molar-refractivity contribution in [3.05, 3.63) is 30.1 Å². The SMILES string of the molecule is CCC(CO)c1nccc2cc3c(cc12)OCCO3. The molecule has 0 saturated carbocycles. The lowest BCUT2D eigenvalue weighted by molar-refractivity contribution is 0.172. The normalized spacial score (nSPS) is 15.5. The van der Waals surface area contributed by atoms with Gasteiger partial charge in [0.2, 0.25) is 0 Å². The number of pyridine rings is 1. The third kappa shape index (κ3) is 2.12. The first kappa shape index (κ1) is 12.2. The van der Waals surface area contributed by atoms with Gasteiger partial charge in [-0.1, -0.05) is 6.92 Å². The van der Waals surface area contributed by atoms with Crippen LogP contribution in [0.1, 0.15) is 25.0 Å². The van der Waals surface area contributed by atoms with Crippen molar-refractivity contribution in [2.45, 2.75) is 19.3 Å². The fourth-order valence-corrected chi connectivity index (χ4v) is 2.47. The maximum Gasteiger partial charge on any atom is 0.162 e. The second-order valence-corrected chi connectivity index (χ2v) is 4.70. The molecule has 1 N–H and O–H groups in total. The number of hydrogen-bond acceptors (Lipinski definition) is 4. The van der Waals surface area contributed by atoms with Crippen LogP contribution in [-0.2, 0) is 0 Å². The summed E-state index contributed by atoms with van der Waals surface area (Å²) in [6.07, 6.45) is 2.64. The molecule has 4 heteroatoms. The Balaban J connectivity index is 2.18. The number of aliphatic hydroxyl groups is 1. The lowest BCUT2D eigenvalue weighted by Crippen LogP contribution is -2.15. The number of fused-ring (bicyclic) bond motifs is 2. The van der Waals surface area contributed by atoms with Crippen LogP contribution in [0.2, 0.25) is 0 Å². The van der Waals surface area contributed by atoms with Gasteiger partial charge in [-0.05, 0) is 30.0 Å². The van der Waals surface area contributed by atoms with Crippen LogP contribution < -0.4 is 9.47 Å². The Hall–Kier alpha value is -1.81. The largest absolute Gasteiger partial charge is 0.486 e. The number of aromatic nitrogens is 1. The van der Waals surface area contributed by atoms with Crippen LogP contribution in [0.25, 0.3) is 10.8 Å². The molecule has 2 heterocycles. The van der Waals surface area contributed by atoms with Crippen LogP contribution in [0, 0.1) is 0 Å². The van der Waals surface area contributed by atoms with E-state index in [-0.39, 0.29) is 12.5 Å². The van der Waals surface area contributed by atoms with Crippen molar-refractivity contribution in [3.63, 3.8) is 0 Å². The lowest BCUT2D eigenvalue weighted by Gasteiger charge is -2.20. The molecule has 0 spiro atoms. The number of benzene rings is 1. The van der Waals surface area contributed by atoms with Gasteiger partial charge in [0, 0.05) is 17.5 Å². The first-order chi connectivity index (χ1) is 9.33. The Bertz CT molecular complexity index is 593. The van der Waals surface area contributed by atoms with Gasteiger partial charge in [0.15, 0.2) is 11.5 Å². The van der Waals surface area contributed by atoms with E-state index in [2.05, 4.69) is 11.9 Å². The number of hydrogen-bond donors (Lipinski definition) is 1. The fraction of sp³-hybridized carbons (Fsp3) is 0.400. The van der Waals surface area contributed by atoms with Crippen molar-refractivity contribution in [2.75, 3.05) is 19.8 Å². The van der Waals surface area contributed by atoms with Gasteiger partial charge in [-0.2, -0.15) is 0 Å². The van der Waals surface area contributed by atoms with Gasteiger partial charge in [0.05, 0.1) is 12.3 Å². The highest BCUT2D eigenvalue weighted by Crippen LogP contribution is 2.37. The van der Waals surface area contributed by atoms with Crippen molar-refractivity contribution in [1.82, 2.24) is 4.98 Å². The minimum atomic E-state index is 0.0614. The van der Waals surface area contributed by atoms with E-state index in [9.17, 15) is 5.11 Å².